The molecule has 0 aliphatic carbocycles. The lowest BCUT2D eigenvalue weighted by atomic mass is 10.1. The van der Waals surface area contributed by atoms with Gasteiger partial charge in [-0.05, 0) is 41.6 Å². The third-order valence-electron chi connectivity index (χ3n) is 3.98. The van der Waals surface area contributed by atoms with Crippen LogP contribution in [0, 0.1) is 6.92 Å². The second kappa shape index (κ2) is 6.80. The van der Waals surface area contributed by atoms with Gasteiger partial charge in [0.05, 0.1) is 11.3 Å². The quantitative estimate of drug-likeness (QED) is 0.538. The second-order valence-electron chi connectivity index (χ2n) is 5.94. The molecule has 0 unspecified atom stereocenters. The van der Waals surface area contributed by atoms with Gasteiger partial charge in [-0.25, -0.2) is 9.97 Å². The van der Waals surface area contributed by atoms with Crippen molar-refractivity contribution in [2.45, 2.75) is 13.1 Å². The van der Waals surface area contributed by atoms with Crippen LogP contribution in [0.5, 0.6) is 0 Å². The number of nitrogens with zero attached hydrogens (tertiary/aromatic N) is 7. The number of hydrogen-bond donors (Lipinski definition) is 0. The lowest BCUT2D eigenvalue weighted by molar-refractivity contribution is -0.140. The lowest BCUT2D eigenvalue weighted by Crippen LogP contribution is -2.13. The zero-order chi connectivity index (χ0) is 19.7. The first kappa shape index (κ1) is 17.7. The molecule has 7 nitrogen and oxygen atoms in total. The molecule has 3 aromatic heterocycles. The van der Waals surface area contributed by atoms with Crippen molar-refractivity contribution in [2.24, 2.45) is 0 Å². The maximum absolute atomic E-state index is 13.7. The predicted molar refractivity (Wildman–Crippen MR) is 93.2 cm³/mol. The fourth-order valence-electron chi connectivity index (χ4n) is 2.62. The Morgan fingerprint density at radius 2 is 1.68 bits per heavy atom. The maximum Gasteiger partial charge on any atom is 0.434 e. The maximum atomic E-state index is 13.7. The summed E-state index contributed by atoms with van der Waals surface area (Å²) in [6.45, 7) is 1.90. The Hall–Kier alpha value is -3.69. The molecule has 0 spiro atoms. The van der Waals surface area contributed by atoms with Gasteiger partial charge in [0, 0.05) is 24.2 Å². The smallest absolute Gasteiger partial charge is 0.265 e. The molecule has 1 aromatic carbocycles. The molecule has 0 radical (unpaired) electrons. The molecule has 0 bridgehead atoms. The van der Waals surface area contributed by atoms with E-state index in [-0.39, 0.29) is 17.2 Å². The van der Waals surface area contributed by atoms with Gasteiger partial charge >= 0.3 is 6.18 Å². The molecule has 140 valence electrons. The average Bonchev–Trinajstić information content (AvgIpc) is 3.18. The first-order valence-corrected chi connectivity index (χ1v) is 8.14. The molecule has 0 amide bonds. The van der Waals surface area contributed by atoms with Crippen LogP contribution in [-0.2, 0) is 6.18 Å². The number of hydrogen-bond acceptors (Lipinski definition) is 6. The minimum absolute atomic E-state index is 0.0622. The average molecular weight is 383 g/mol. The Morgan fingerprint density at radius 3 is 2.36 bits per heavy atom. The van der Waals surface area contributed by atoms with Crippen LogP contribution >= 0.6 is 0 Å². The highest BCUT2D eigenvalue weighted by atomic mass is 19.4. The zero-order valence-corrected chi connectivity index (χ0v) is 14.5. The fourth-order valence-corrected chi connectivity index (χ4v) is 2.62. The Bertz CT molecular complexity index is 1110. The lowest BCUT2D eigenvalue weighted by Gasteiger charge is -2.13. The summed E-state index contributed by atoms with van der Waals surface area (Å²) in [5.74, 6) is -0.162. The SMILES string of the molecule is Cc1ccc(-n2nnnc2-c2cnc(-c3ccncc3)nc2C(F)(F)F)cc1. The topological polar surface area (TPSA) is 82.3 Å². The van der Waals surface area contributed by atoms with E-state index in [2.05, 4.69) is 30.5 Å². The molecule has 4 aromatic rings. The minimum atomic E-state index is -4.72. The number of rotatable bonds is 3. The van der Waals surface area contributed by atoms with Crippen LogP contribution in [0.4, 0.5) is 13.2 Å². The summed E-state index contributed by atoms with van der Waals surface area (Å²) in [5, 5.41) is 11.1. The van der Waals surface area contributed by atoms with Crippen molar-refractivity contribution in [3.8, 4) is 28.5 Å². The standard InChI is InChI=1S/C18H12F3N7/c1-11-2-4-13(5-3-11)28-17(25-26-27-28)14-10-23-16(12-6-8-22-9-7-12)24-15(14)18(19,20)21/h2-10H,1H3. The molecule has 4 rings (SSSR count). The number of benzene rings is 1. The highest BCUT2D eigenvalue weighted by Gasteiger charge is 2.38. The first-order chi connectivity index (χ1) is 13.4. The van der Waals surface area contributed by atoms with Gasteiger partial charge < -0.3 is 0 Å². The second-order valence-corrected chi connectivity index (χ2v) is 5.94. The number of aryl methyl sites for hydroxylation is 1. The molecular formula is C18H12F3N7. The molecule has 0 atom stereocenters. The van der Waals surface area contributed by atoms with Crippen molar-refractivity contribution in [1.29, 1.82) is 0 Å². The van der Waals surface area contributed by atoms with Crippen molar-refractivity contribution in [3.05, 3.63) is 66.2 Å². The van der Waals surface area contributed by atoms with E-state index in [1.165, 1.54) is 29.2 Å². The van der Waals surface area contributed by atoms with E-state index in [0.717, 1.165) is 11.8 Å². The van der Waals surface area contributed by atoms with Gasteiger partial charge in [-0.15, -0.1) is 5.10 Å². The summed E-state index contributed by atoms with van der Waals surface area (Å²) < 4.78 is 42.4. The Morgan fingerprint density at radius 1 is 0.964 bits per heavy atom. The summed E-state index contributed by atoms with van der Waals surface area (Å²) in [5.41, 5.74) is 0.523. The van der Waals surface area contributed by atoms with E-state index < -0.39 is 11.9 Å². The van der Waals surface area contributed by atoms with Gasteiger partial charge in [-0.1, -0.05) is 17.7 Å². The van der Waals surface area contributed by atoms with Crippen LogP contribution in [0.15, 0.2) is 55.0 Å². The molecular weight excluding hydrogens is 371 g/mol. The molecule has 0 N–H and O–H groups in total. The van der Waals surface area contributed by atoms with Gasteiger partial charge in [0.1, 0.15) is 0 Å². The van der Waals surface area contributed by atoms with Crippen molar-refractivity contribution in [1.82, 2.24) is 35.2 Å². The highest BCUT2D eigenvalue weighted by Crippen LogP contribution is 2.36. The van der Waals surface area contributed by atoms with Crippen LogP contribution in [0.25, 0.3) is 28.5 Å². The molecule has 3 heterocycles. The molecule has 0 saturated heterocycles. The highest BCUT2D eigenvalue weighted by molar-refractivity contribution is 5.63. The van der Waals surface area contributed by atoms with Gasteiger partial charge in [0.15, 0.2) is 17.3 Å². The third-order valence-corrected chi connectivity index (χ3v) is 3.98. The summed E-state index contributed by atoms with van der Waals surface area (Å²) >= 11 is 0. The Kier molecular flexibility index (Phi) is 4.30. The molecule has 28 heavy (non-hydrogen) atoms. The molecule has 0 aliphatic heterocycles. The fraction of sp³-hybridized carbons (Fsp3) is 0.111. The summed E-state index contributed by atoms with van der Waals surface area (Å²) in [6.07, 6.45) is -0.721. The van der Waals surface area contributed by atoms with E-state index in [0.29, 0.717) is 11.3 Å². The van der Waals surface area contributed by atoms with Crippen LogP contribution in [0.2, 0.25) is 0 Å². The minimum Gasteiger partial charge on any atom is -0.265 e. The van der Waals surface area contributed by atoms with E-state index in [4.69, 9.17) is 0 Å². The Labute approximate surface area is 156 Å². The monoisotopic (exact) mass is 383 g/mol. The number of alkyl halides is 3. The van der Waals surface area contributed by atoms with E-state index in [1.807, 2.05) is 19.1 Å². The van der Waals surface area contributed by atoms with Crippen LogP contribution in [0.3, 0.4) is 0 Å². The Balaban J connectivity index is 1.87. The van der Waals surface area contributed by atoms with E-state index in [1.54, 1.807) is 12.1 Å². The molecule has 0 aliphatic rings. The number of halogens is 3. The first-order valence-electron chi connectivity index (χ1n) is 8.14. The molecule has 10 heteroatoms. The summed E-state index contributed by atoms with van der Waals surface area (Å²) in [4.78, 5) is 11.7. The van der Waals surface area contributed by atoms with Crippen molar-refractivity contribution in [3.63, 3.8) is 0 Å². The van der Waals surface area contributed by atoms with Crippen molar-refractivity contribution >= 4 is 0 Å². The van der Waals surface area contributed by atoms with Gasteiger partial charge in [0.2, 0.25) is 0 Å². The van der Waals surface area contributed by atoms with Gasteiger partial charge in [-0.3, -0.25) is 4.98 Å². The van der Waals surface area contributed by atoms with E-state index >= 15 is 0 Å². The van der Waals surface area contributed by atoms with E-state index in [9.17, 15) is 13.2 Å². The summed E-state index contributed by atoms with van der Waals surface area (Å²) in [6, 6.07) is 10.1. The van der Waals surface area contributed by atoms with Crippen LogP contribution < -0.4 is 0 Å². The normalized spacial score (nSPS) is 11.6. The summed E-state index contributed by atoms with van der Waals surface area (Å²) in [7, 11) is 0. The molecule has 0 saturated carbocycles. The van der Waals surface area contributed by atoms with Crippen LogP contribution in [-0.4, -0.2) is 35.2 Å². The van der Waals surface area contributed by atoms with Gasteiger partial charge in [-0.2, -0.15) is 17.9 Å². The predicted octanol–water partition coefficient (Wildman–Crippen LogP) is 3.51. The molecule has 0 fully saturated rings. The van der Waals surface area contributed by atoms with Crippen molar-refractivity contribution < 1.29 is 13.2 Å². The number of pyridine rings is 1. The third kappa shape index (κ3) is 3.31. The number of tetrazole rings is 1. The number of aromatic nitrogens is 7. The largest absolute Gasteiger partial charge is 0.434 e. The van der Waals surface area contributed by atoms with Crippen LogP contribution in [0.1, 0.15) is 11.3 Å². The van der Waals surface area contributed by atoms with Gasteiger partial charge in [0.25, 0.3) is 0 Å². The zero-order valence-electron chi connectivity index (χ0n) is 14.5. The van der Waals surface area contributed by atoms with Crippen molar-refractivity contribution in [2.75, 3.05) is 0 Å².